The molecule has 1 atom stereocenters. The summed E-state index contributed by atoms with van der Waals surface area (Å²) in [6.45, 7) is 8.23. The van der Waals surface area contributed by atoms with Crippen LogP contribution >= 0.6 is 15.9 Å². The zero-order valence-electron chi connectivity index (χ0n) is 15.1. The first-order valence-electron chi connectivity index (χ1n) is 8.68. The fourth-order valence-corrected chi connectivity index (χ4v) is 3.74. The molecule has 1 saturated heterocycles. The zero-order chi connectivity index (χ0) is 17.7. The van der Waals surface area contributed by atoms with Gasteiger partial charge in [0.15, 0.2) is 0 Å². The van der Waals surface area contributed by atoms with Gasteiger partial charge in [0.25, 0.3) is 0 Å². The quantitative estimate of drug-likeness (QED) is 0.819. The van der Waals surface area contributed by atoms with E-state index in [1.165, 1.54) is 5.56 Å². The highest BCUT2D eigenvalue weighted by Crippen LogP contribution is 2.33. The van der Waals surface area contributed by atoms with Crippen molar-refractivity contribution in [3.8, 4) is 0 Å². The minimum Gasteiger partial charge on any atom is -0.444 e. The molecule has 1 aromatic rings. The van der Waals surface area contributed by atoms with Crippen molar-refractivity contribution in [2.45, 2.75) is 45.1 Å². The van der Waals surface area contributed by atoms with Gasteiger partial charge in [0, 0.05) is 24.1 Å². The Morgan fingerprint density at radius 2 is 2.04 bits per heavy atom. The van der Waals surface area contributed by atoms with E-state index in [1.54, 1.807) is 0 Å². The van der Waals surface area contributed by atoms with Gasteiger partial charge in [0.05, 0.1) is 0 Å². The summed E-state index contributed by atoms with van der Waals surface area (Å²) >= 11 is 3.57. The number of nitrogens with zero attached hydrogens (tertiary/aromatic N) is 1. The van der Waals surface area contributed by atoms with E-state index < -0.39 is 5.60 Å². The molecule has 0 aromatic heterocycles. The van der Waals surface area contributed by atoms with Crippen LogP contribution in [0.2, 0.25) is 0 Å². The van der Waals surface area contributed by atoms with Gasteiger partial charge >= 0.3 is 6.09 Å². The van der Waals surface area contributed by atoms with Crippen molar-refractivity contribution in [1.29, 1.82) is 0 Å². The number of benzene rings is 1. The topological polar surface area (TPSA) is 41.6 Å². The summed E-state index contributed by atoms with van der Waals surface area (Å²) < 4.78 is 6.61. The number of carbonyl (C=O) groups is 1. The normalized spacial score (nSPS) is 17.6. The number of carbonyl (C=O) groups excluding carboxylic acids is 1. The summed E-state index contributed by atoms with van der Waals surface area (Å²) in [6, 6.07) is 8.57. The first-order valence-corrected chi connectivity index (χ1v) is 9.47. The van der Waals surface area contributed by atoms with Crippen LogP contribution in [0.3, 0.4) is 0 Å². The van der Waals surface area contributed by atoms with Gasteiger partial charge in [-0.05, 0) is 70.2 Å². The van der Waals surface area contributed by atoms with Gasteiger partial charge in [0.1, 0.15) is 5.60 Å². The molecule has 2 rings (SSSR count). The minimum absolute atomic E-state index is 0.187. The summed E-state index contributed by atoms with van der Waals surface area (Å²) in [5, 5.41) is 3.33. The lowest BCUT2D eigenvalue weighted by molar-refractivity contribution is 0.0174. The molecule has 0 spiro atoms. The molecule has 1 N–H and O–H groups in total. The number of rotatable bonds is 4. The van der Waals surface area contributed by atoms with E-state index in [0.717, 1.165) is 36.9 Å². The molecule has 0 saturated carbocycles. The molecule has 1 aliphatic heterocycles. The summed E-state index contributed by atoms with van der Waals surface area (Å²) in [4.78, 5) is 14.1. The van der Waals surface area contributed by atoms with Gasteiger partial charge in [-0.3, -0.25) is 0 Å². The van der Waals surface area contributed by atoms with Gasteiger partial charge in [-0.2, -0.15) is 0 Å². The number of nitrogens with one attached hydrogen (secondary N) is 1. The lowest BCUT2D eigenvalue weighted by atomic mass is 9.80. The minimum atomic E-state index is -0.432. The van der Waals surface area contributed by atoms with Crippen molar-refractivity contribution in [2.75, 3.05) is 26.7 Å². The van der Waals surface area contributed by atoms with E-state index in [-0.39, 0.29) is 6.09 Å². The monoisotopic (exact) mass is 396 g/mol. The second kappa shape index (κ2) is 8.34. The molecule has 1 fully saturated rings. The molecule has 1 heterocycles. The maximum Gasteiger partial charge on any atom is 0.410 e. The van der Waals surface area contributed by atoms with Crippen LogP contribution < -0.4 is 5.32 Å². The van der Waals surface area contributed by atoms with E-state index in [2.05, 4.69) is 45.5 Å². The number of likely N-dealkylation sites (N-methyl/N-ethyl adjacent to an activating group) is 1. The third kappa shape index (κ3) is 5.49. The Kier molecular flexibility index (Phi) is 6.70. The highest BCUT2D eigenvalue weighted by Gasteiger charge is 2.31. The molecular weight excluding hydrogens is 368 g/mol. The zero-order valence-corrected chi connectivity index (χ0v) is 16.7. The van der Waals surface area contributed by atoms with E-state index in [9.17, 15) is 4.79 Å². The number of hydrogen-bond donors (Lipinski definition) is 1. The van der Waals surface area contributed by atoms with Crippen molar-refractivity contribution in [3.05, 3.63) is 34.3 Å². The Bertz CT molecular complexity index is 549. The second-order valence-electron chi connectivity index (χ2n) is 7.52. The summed E-state index contributed by atoms with van der Waals surface area (Å²) in [5.74, 6) is 1.04. The van der Waals surface area contributed by atoms with Gasteiger partial charge in [-0.15, -0.1) is 0 Å². The van der Waals surface area contributed by atoms with Crippen molar-refractivity contribution in [1.82, 2.24) is 10.2 Å². The molecule has 134 valence electrons. The van der Waals surface area contributed by atoms with Crippen molar-refractivity contribution in [2.24, 2.45) is 5.92 Å². The molecule has 24 heavy (non-hydrogen) atoms. The van der Waals surface area contributed by atoms with Crippen LogP contribution in [-0.4, -0.2) is 43.3 Å². The molecule has 0 bridgehead atoms. The number of ether oxygens (including phenoxy) is 1. The number of halogens is 1. The number of hydrogen-bond acceptors (Lipinski definition) is 3. The van der Waals surface area contributed by atoms with Gasteiger partial charge < -0.3 is 15.0 Å². The van der Waals surface area contributed by atoms with Crippen molar-refractivity contribution < 1.29 is 9.53 Å². The Morgan fingerprint density at radius 1 is 1.38 bits per heavy atom. The highest BCUT2D eigenvalue weighted by molar-refractivity contribution is 9.10. The molecule has 1 aliphatic rings. The van der Waals surface area contributed by atoms with Crippen LogP contribution in [0.1, 0.15) is 45.1 Å². The van der Waals surface area contributed by atoms with Gasteiger partial charge in [-0.25, -0.2) is 4.79 Å². The van der Waals surface area contributed by atoms with E-state index >= 15 is 0 Å². The Morgan fingerprint density at radius 3 is 2.58 bits per heavy atom. The molecular formula is C19H29BrN2O2. The maximum absolute atomic E-state index is 12.2. The molecule has 1 aromatic carbocycles. The van der Waals surface area contributed by atoms with Crippen LogP contribution in [0.25, 0.3) is 0 Å². The maximum atomic E-state index is 12.2. The molecule has 1 unspecified atom stereocenters. The standard InChI is InChI=1S/C19H29BrN2O2/c1-19(2,3)24-18(23)22-10-8-14(9-11-22)17(13-21-4)15-6-5-7-16(20)12-15/h5-7,12,14,17,21H,8-11,13H2,1-4H3. The highest BCUT2D eigenvalue weighted by atomic mass is 79.9. The third-order valence-electron chi connectivity index (χ3n) is 4.46. The van der Waals surface area contributed by atoms with Gasteiger partial charge in [0.2, 0.25) is 0 Å². The lowest BCUT2D eigenvalue weighted by Crippen LogP contribution is -2.43. The molecule has 0 aliphatic carbocycles. The molecule has 1 amide bonds. The first kappa shape index (κ1) is 19.3. The van der Waals surface area contributed by atoms with Crippen molar-refractivity contribution in [3.63, 3.8) is 0 Å². The van der Waals surface area contributed by atoms with E-state index in [4.69, 9.17) is 4.74 Å². The van der Waals surface area contributed by atoms with Crippen LogP contribution in [0.5, 0.6) is 0 Å². The lowest BCUT2D eigenvalue weighted by Gasteiger charge is -2.37. The predicted molar refractivity (Wildman–Crippen MR) is 101 cm³/mol. The fourth-order valence-electron chi connectivity index (χ4n) is 3.32. The average molecular weight is 397 g/mol. The van der Waals surface area contributed by atoms with Crippen molar-refractivity contribution >= 4 is 22.0 Å². The first-order chi connectivity index (χ1) is 11.3. The average Bonchev–Trinajstić information content (AvgIpc) is 2.51. The Hall–Kier alpha value is -1.07. The summed E-state index contributed by atoms with van der Waals surface area (Å²) in [6.07, 6.45) is 1.84. The smallest absolute Gasteiger partial charge is 0.410 e. The SMILES string of the molecule is CNCC(c1cccc(Br)c1)C1CCN(C(=O)OC(C)(C)C)CC1. The predicted octanol–water partition coefficient (Wildman–Crippen LogP) is 4.40. The van der Waals surface area contributed by atoms with Crippen LogP contribution in [-0.2, 0) is 4.74 Å². The largest absolute Gasteiger partial charge is 0.444 e. The van der Waals surface area contributed by atoms with Crippen LogP contribution in [0.4, 0.5) is 4.79 Å². The fraction of sp³-hybridized carbons (Fsp3) is 0.632. The molecule has 5 heteroatoms. The summed E-state index contributed by atoms with van der Waals surface area (Å²) in [5.41, 5.74) is 0.924. The summed E-state index contributed by atoms with van der Waals surface area (Å²) in [7, 11) is 2.00. The number of amides is 1. The van der Waals surface area contributed by atoms with E-state index in [0.29, 0.717) is 11.8 Å². The molecule has 0 radical (unpaired) electrons. The third-order valence-corrected chi connectivity index (χ3v) is 4.95. The van der Waals surface area contributed by atoms with Crippen LogP contribution in [0, 0.1) is 5.92 Å². The number of piperidine rings is 1. The van der Waals surface area contributed by atoms with Crippen LogP contribution in [0.15, 0.2) is 28.7 Å². The Balaban J connectivity index is 1.99. The second-order valence-corrected chi connectivity index (χ2v) is 8.44. The van der Waals surface area contributed by atoms with Gasteiger partial charge in [-0.1, -0.05) is 28.1 Å². The van der Waals surface area contributed by atoms with E-state index in [1.807, 2.05) is 32.7 Å². The number of likely N-dealkylation sites (tertiary alicyclic amines) is 1. The molecule has 4 nitrogen and oxygen atoms in total. The Labute approximate surface area is 154 Å².